The molecule has 0 spiro atoms. The zero-order chi connectivity index (χ0) is 15.0. The standard InChI is InChI=1S/C13H9Cl2N5O/c1-6-7(3-2-4-8(6)14)12(21)20-13-18-10(15)9-11(19-13)17-5-16-9/h2-5H,1H3,(H2,16,17,18,19,20,21). The van der Waals surface area contributed by atoms with Crippen molar-refractivity contribution in [3.63, 3.8) is 0 Å². The summed E-state index contributed by atoms with van der Waals surface area (Å²) in [7, 11) is 0. The van der Waals surface area contributed by atoms with E-state index in [0.717, 1.165) is 0 Å². The Morgan fingerprint density at radius 3 is 2.90 bits per heavy atom. The molecule has 0 radical (unpaired) electrons. The Morgan fingerprint density at radius 2 is 2.10 bits per heavy atom. The normalized spacial score (nSPS) is 10.8. The lowest BCUT2D eigenvalue weighted by Gasteiger charge is -2.07. The first-order valence-electron chi connectivity index (χ1n) is 5.99. The van der Waals surface area contributed by atoms with Crippen molar-refractivity contribution in [2.45, 2.75) is 6.92 Å². The van der Waals surface area contributed by atoms with Gasteiger partial charge in [0.15, 0.2) is 10.8 Å². The molecule has 3 rings (SSSR count). The molecule has 106 valence electrons. The predicted molar refractivity (Wildman–Crippen MR) is 80.8 cm³/mol. The molecular formula is C13H9Cl2N5O. The zero-order valence-corrected chi connectivity index (χ0v) is 12.3. The molecule has 0 saturated carbocycles. The maximum atomic E-state index is 12.3. The average molecular weight is 322 g/mol. The number of rotatable bonds is 2. The van der Waals surface area contributed by atoms with Crippen molar-refractivity contribution in [3.8, 4) is 0 Å². The van der Waals surface area contributed by atoms with E-state index in [-0.39, 0.29) is 17.0 Å². The molecule has 2 aromatic heterocycles. The largest absolute Gasteiger partial charge is 0.341 e. The van der Waals surface area contributed by atoms with E-state index < -0.39 is 0 Å². The summed E-state index contributed by atoms with van der Waals surface area (Å²) in [5.74, 6) is -0.273. The number of carbonyl (C=O) groups is 1. The van der Waals surface area contributed by atoms with Gasteiger partial charge in [-0.25, -0.2) is 4.98 Å². The molecule has 21 heavy (non-hydrogen) atoms. The van der Waals surface area contributed by atoms with Crippen LogP contribution in [0.2, 0.25) is 10.2 Å². The van der Waals surface area contributed by atoms with Gasteiger partial charge in [0.1, 0.15) is 5.52 Å². The number of carbonyl (C=O) groups excluding carboxylic acids is 1. The van der Waals surface area contributed by atoms with Gasteiger partial charge in [0.05, 0.1) is 6.33 Å². The molecule has 3 aromatic rings. The summed E-state index contributed by atoms with van der Waals surface area (Å²) < 4.78 is 0. The van der Waals surface area contributed by atoms with E-state index >= 15 is 0 Å². The van der Waals surface area contributed by atoms with Gasteiger partial charge < -0.3 is 4.98 Å². The van der Waals surface area contributed by atoms with Crippen molar-refractivity contribution in [2.24, 2.45) is 0 Å². The van der Waals surface area contributed by atoms with Crippen LogP contribution in [-0.2, 0) is 0 Å². The van der Waals surface area contributed by atoms with Crippen LogP contribution in [0.3, 0.4) is 0 Å². The minimum absolute atomic E-state index is 0.0870. The quantitative estimate of drug-likeness (QED) is 0.710. The second-order valence-electron chi connectivity index (χ2n) is 4.31. The Hall–Kier alpha value is -2.18. The van der Waals surface area contributed by atoms with Crippen molar-refractivity contribution in [1.29, 1.82) is 0 Å². The molecule has 1 amide bonds. The number of aromatic amines is 1. The fourth-order valence-corrected chi connectivity index (χ4v) is 2.27. The maximum Gasteiger partial charge on any atom is 0.258 e. The molecule has 6 nitrogen and oxygen atoms in total. The number of nitrogens with one attached hydrogen (secondary N) is 2. The number of hydrogen-bond acceptors (Lipinski definition) is 4. The molecule has 0 aliphatic rings. The fraction of sp³-hybridized carbons (Fsp3) is 0.0769. The van der Waals surface area contributed by atoms with Gasteiger partial charge in [0.25, 0.3) is 5.91 Å². The summed E-state index contributed by atoms with van der Waals surface area (Å²) in [6, 6.07) is 5.09. The van der Waals surface area contributed by atoms with Gasteiger partial charge in [-0.05, 0) is 24.6 Å². The lowest BCUT2D eigenvalue weighted by atomic mass is 10.1. The highest BCUT2D eigenvalue weighted by Crippen LogP contribution is 2.21. The minimum atomic E-state index is -0.360. The number of halogens is 2. The molecule has 2 N–H and O–H groups in total. The van der Waals surface area contributed by atoms with Crippen molar-refractivity contribution in [2.75, 3.05) is 5.32 Å². The van der Waals surface area contributed by atoms with E-state index in [9.17, 15) is 4.79 Å². The third-order valence-electron chi connectivity index (χ3n) is 2.98. The molecule has 2 heterocycles. The first-order valence-corrected chi connectivity index (χ1v) is 6.75. The first kappa shape index (κ1) is 13.8. The molecule has 0 aliphatic heterocycles. The summed E-state index contributed by atoms with van der Waals surface area (Å²) in [6.07, 6.45) is 1.46. The second kappa shape index (κ2) is 5.31. The first-order chi connectivity index (χ1) is 10.1. The van der Waals surface area contributed by atoms with Crippen LogP contribution in [0, 0.1) is 6.92 Å². The number of benzene rings is 1. The highest BCUT2D eigenvalue weighted by atomic mass is 35.5. The Labute approximate surface area is 129 Å². The highest BCUT2D eigenvalue weighted by molar-refractivity contribution is 6.33. The molecule has 8 heteroatoms. The average Bonchev–Trinajstić information content (AvgIpc) is 2.90. The summed E-state index contributed by atoms with van der Waals surface area (Å²) in [5.41, 5.74) is 2.04. The topological polar surface area (TPSA) is 83.6 Å². The molecule has 0 unspecified atom stereocenters. The Morgan fingerprint density at radius 1 is 1.29 bits per heavy atom. The Kier molecular flexibility index (Phi) is 3.48. The molecule has 0 bridgehead atoms. The monoisotopic (exact) mass is 321 g/mol. The van der Waals surface area contributed by atoms with Crippen LogP contribution in [0.15, 0.2) is 24.5 Å². The number of amides is 1. The number of aromatic nitrogens is 4. The lowest BCUT2D eigenvalue weighted by molar-refractivity contribution is 0.102. The Balaban J connectivity index is 1.94. The smallest absolute Gasteiger partial charge is 0.258 e. The summed E-state index contributed by atoms with van der Waals surface area (Å²) in [6.45, 7) is 1.77. The molecule has 0 atom stereocenters. The van der Waals surface area contributed by atoms with Crippen molar-refractivity contribution >= 4 is 46.2 Å². The summed E-state index contributed by atoms with van der Waals surface area (Å²) in [5, 5.41) is 3.30. The number of H-pyrrole nitrogens is 1. The van der Waals surface area contributed by atoms with Crippen LogP contribution in [0.25, 0.3) is 11.2 Å². The van der Waals surface area contributed by atoms with E-state index in [1.54, 1.807) is 25.1 Å². The van der Waals surface area contributed by atoms with Gasteiger partial charge >= 0.3 is 0 Å². The van der Waals surface area contributed by atoms with Crippen LogP contribution in [0.5, 0.6) is 0 Å². The van der Waals surface area contributed by atoms with Gasteiger partial charge in [0.2, 0.25) is 5.95 Å². The molecule has 1 aromatic carbocycles. The predicted octanol–water partition coefficient (Wildman–Crippen LogP) is 3.22. The number of fused-ring (bicyclic) bond motifs is 1. The SMILES string of the molecule is Cc1c(Cl)cccc1C(=O)Nc1nc(Cl)c2[nH]cnc2n1. The molecule has 0 fully saturated rings. The number of nitrogens with zero attached hydrogens (tertiary/aromatic N) is 3. The summed E-state index contributed by atoms with van der Waals surface area (Å²) in [4.78, 5) is 27.2. The van der Waals surface area contributed by atoms with E-state index in [1.165, 1.54) is 6.33 Å². The van der Waals surface area contributed by atoms with Gasteiger partial charge in [-0.3, -0.25) is 10.1 Å². The van der Waals surface area contributed by atoms with E-state index in [2.05, 4.69) is 25.3 Å². The van der Waals surface area contributed by atoms with Crippen LogP contribution in [-0.4, -0.2) is 25.8 Å². The van der Waals surface area contributed by atoms with Crippen molar-refractivity contribution < 1.29 is 4.79 Å². The number of imidazole rings is 1. The summed E-state index contributed by atoms with van der Waals surface area (Å²) >= 11 is 12.0. The molecule has 0 saturated heterocycles. The molecule has 0 aliphatic carbocycles. The van der Waals surface area contributed by atoms with Crippen LogP contribution in [0.4, 0.5) is 5.95 Å². The maximum absolute atomic E-state index is 12.3. The van der Waals surface area contributed by atoms with Gasteiger partial charge in [-0.1, -0.05) is 29.3 Å². The van der Waals surface area contributed by atoms with Crippen molar-refractivity contribution in [1.82, 2.24) is 19.9 Å². The van der Waals surface area contributed by atoms with Crippen LogP contribution >= 0.6 is 23.2 Å². The van der Waals surface area contributed by atoms with Crippen LogP contribution < -0.4 is 5.32 Å². The fourth-order valence-electron chi connectivity index (χ4n) is 1.88. The highest BCUT2D eigenvalue weighted by Gasteiger charge is 2.14. The van der Waals surface area contributed by atoms with E-state index in [4.69, 9.17) is 23.2 Å². The van der Waals surface area contributed by atoms with Gasteiger partial charge in [-0.15, -0.1) is 0 Å². The minimum Gasteiger partial charge on any atom is -0.341 e. The van der Waals surface area contributed by atoms with Crippen LogP contribution in [0.1, 0.15) is 15.9 Å². The third-order valence-corrected chi connectivity index (χ3v) is 3.66. The number of anilines is 1. The molecular weight excluding hydrogens is 313 g/mol. The van der Waals surface area contributed by atoms with Gasteiger partial charge in [-0.2, -0.15) is 9.97 Å². The lowest BCUT2D eigenvalue weighted by Crippen LogP contribution is -2.15. The second-order valence-corrected chi connectivity index (χ2v) is 5.07. The van der Waals surface area contributed by atoms with Gasteiger partial charge in [0, 0.05) is 10.6 Å². The van der Waals surface area contributed by atoms with Crippen molar-refractivity contribution in [3.05, 3.63) is 45.8 Å². The zero-order valence-electron chi connectivity index (χ0n) is 10.8. The van der Waals surface area contributed by atoms with E-state index in [1.807, 2.05) is 0 Å². The van der Waals surface area contributed by atoms with E-state index in [0.29, 0.717) is 27.3 Å². The third kappa shape index (κ3) is 2.55. The number of hydrogen-bond donors (Lipinski definition) is 2. The Bertz CT molecular complexity index is 846.